The number of anilines is 1. The Morgan fingerprint density at radius 2 is 2.12 bits per heavy atom. The van der Waals surface area contributed by atoms with Gasteiger partial charge in [-0.1, -0.05) is 19.9 Å². The number of sulfonamides is 1. The largest absolute Gasteiger partial charge is 0.326 e. The van der Waals surface area contributed by atoms with Crippen LogP contribution in [-0.4, -0.2) is 33.5 Å². The SMILES string of the molecule is CCC(C)NS(=O)(=O)c1cccc(NC(=O)CC(C)C2CCCNC2)c1. The molecular formula is C19H31N3O3S. The molecule has 3 unspecified atom stereocenters. The highest BCUT2D eigenvalue weighted by atomic mass is 32.2. The maximum atomic E-state index is 12.4. The molecule has 1 aromatic carbocycles. The second-order valence-electron chi connectivity index (χ2n) is 7.29. The van der Waals surface area contributed by atoms with E-state index in [1.807, 2.05) is 13.8 Å². The van der Waals surface area contributed by atoms with Gasteiger partial charge in [0.2, 0.25) is 15.9 Å². The van der Waals surface area contributed by atoms with Gasteiger partial charge in [-0.15, -0.1) is 0 Å². The van der Waals surface area contributed by atoms with Gasteiger partial charge in [-0.05, 0) is 69.3 Å². The molecule has 1 aromatic rings. The van der Waals surface area contributed by atoms with Crippen molar-refractivity contribution in [1.82, 2.24) is 10.0 Å². The Balaban J connectivity index is 1.98. The van der Waals surface area contributed by atoms with Crippen LogP contribution in [0.2, 0.25) is 0 Å². The third-order valence-corrected chi connectivity index (χ3v) is 6.63. The van der Waals surface area contributed by atoms with E-state index in [1.165, 1.54) is 12.1 Å². The van der Waals surface area contributed by atoms with Gasteiger partial charge in [0.1, 0.15) is 0 Å². The normalized spacial score (nSPS) is 20.3. The molecule has 0 bridgehead atoms. The van der Waals surface area contributed by atoms with Gasteiger partial charge >= 0.3 is 0 Å². The van der Waals surface area contributed by atoms with E-state index in [9.17, 15) is 13.2 Å². The van der Waals surface area contributed by atoms with Crippen molar-refractivity contribution in [2.45, 2.75) is 57.4 Å². The molecule has 146 valence electrons. The van der Waals surface area contributed by atoms with Crippen LogP contribution in [-0.2, 0) is 14.8 Å². The number of rotatable bonds is 8. The predicted molar refractivity (Wildman–Crippen MR) is 105 cm³/mol. The molecule has 0 aliphatic carbocycles. The smallest absolute Gasteiger partial charge is 0.240 e. The van der Waals surface area contributed by atoms with Gasteiger partial charge in [-0.3, -0.25) is 4.79 Å². The molecule has 0 saturated carbocycles. The lowest BCUT2D eigenvalue weighted by molar-refractivity contribution is -0.117. The third kappa shape index (κ3) is 6.07. The van der Waals surface area contributed by atoms with Gasteiger partial charge in [-0.2, -0.15) is 0 Å². The minimum absolute atomic E-state index is 0.0764. The van der Waals surface area contributed by atoms with Crippen LogP contribution in [0.1, 0.15) is 46.5 Å². The van der Waals surface area contributed by atoms with E-state index in [-0.39, 0.29) is 16.8 Å². The van der Waals surface area contributed by atoms with Crippen molar-refractivity contribution in [1.29, 1.82) is 0 Å². The number of hydrogen-bond acceptors (Lipinski definition) is 4. The first kappa shape index (κ1) is 20.9. The first-order valence-electron chi connectivity index (χ1n) is 9.44. The summed E-state index contributed by atoms with van der Waals surface area (Å²) >= 11 is 0. The van der Waals surface area contributed by atoms with Crippen LogP contribution in [0.5, 0.6) is 0 Å². The lowest BCUT2D eigenvalue weighted by Crippen LogP contribution is -2.34. The minimum atomic E-state index is -3.58. The van der Waals surface area contributed by atoms with E-state index >= 15 is 0 Å². The Morgan fingerprint density at radius 3 is 2.77 bits per heavy atom. The summed E-state index contributed by atoms with van der Waals surface area (Å²) < 4.78 is 27.4. The number of benzene rings is 1. The zero-order valence-electron chi connectivity index (χ0n) is 15.9. The van der Waals surface area contributed by atoms with Crippen LogP contribution in [0.25, 0.3) is 0 Å². The maximum absolute atomic E-state index is 12.4. The maximum Gasteiger partial charge on any atom is 0.240 e. The fraction of sp³-hybridized carbons (Fsp3) is 0.632. The lowest BCUT2D eigenvalue weighted by atomic mass is 9.85. The summed E-state index contributed by atoms with van der Waals surface area (Å²) in [5.41, 5.74) is 0.510. The summed E-state index contributed by atoms with van der Waals surface area (Å²) in [6.07, 6.45) is 3.45. The monoisotopic (exact) mass is 381 g/mol. The van der Waals surface area contributed by atoms with Crippen LogP contribution in [0, 0.1) is 11.8 Å². The molecule has 1 aliphatic rings. The van der Waals surface area contributed by atoms with E-state index in [1.54, 1.807) is 12.1 Å². The number of nitrogens with one attached hydrogen (secondary N) is 3. The fourth-order valence-electron chi connectivity index (χ4n) is 3.19. The van der Waals surface area contributed by atoms with E-state index in [4.69, 9.17) is 0 Å². The average molecular weight is 382 g/mol. The van der Waals surface area contributed by atoms with Crippen molar-refractivity contribution in [2.24, 2.45) is 11.8 Å². The summed E-state index contributed by atoms with van der Waals surface area (Å²) in [6.45, 7) is 7.87. The summed E-state index contributed by atoms with van der Waals surface area (Å²) in [5, 5.41) is 6.22. The number of carbonyl (C=O) groups is 1. The molecule has 6 nitrogen and oxygen atoms in total. The number of amides is 1. The second-order valence-corrected chi connectivity index (χ2v) is 9.01. The van der Waals surface area contributed by atoms with Crippen molar-refractivity contribution < 1.29 is 13.2 Å². The Bertz CT molecular complexity index is 700. The highest BCUT2D eigenvalue weighted by Gasteiger charge is 2.22. The molecule has 1 fully saturated rings. The van der Waals surface area contributed by atoms with E-state index in [0.29, 0.717) is 30.4 Å². The van der Waals surface area contributed by atoms with Crippen LogP contribution in [0.4, 0.5) is 5.69 Å². The Kier molecular flexibility index (Phi) is 7.61. The third-order valence-electron chi connectivity index (χ3n) is 5.04. The summed E-state index contributed by atoms with van der Waals surface area (Å²) in [7, 11) is -3.58. The molecule has 3 N–H and O–H groups in total. The topological polar surface area (TPSA) is 87.3 Å². The lowest BCUT2D eigenvalue weighted by Gasteiger charge is -2.28. The Labute approximate surface area is 157 Å². The van der Waals surface area contributed by atoms with Crippen molar-refractivity contribution in [2.75, 3.05) is 18.4 Å². The van der Waals surface area contributed by atoms with Crippen LogP contribution in [0.15, 0.2) is 29.2 Å². The molecule has 1 heterocycles. The quantitative estimate of drug-likeness (QED) is 0.646. The Morgan fingerprint density at radius 1 is 1.35 bits per heavy atom. The van der Waals surface area contributed by atoms with E-state index in [2.05, 4.69) is 22.3 Å². The molecule has 7 heteroatoms. The van der Waals surface area contributed by atoms with E-state index < -0.39 is 10.0 Å². The first-order chi connectivity index (χ1) is 12.3. The second kappa shape index (κ2) is 9.48. The molecule has 0 spiro atoms. The predicted octanol–water partition coefficient (Wildman–Crippen LogP) is 2.73. The van der Waals surface area contributed by atoms with Gasteiger partial charge in [0.15, 0.2) is 0 Å². The molecule has 26 heavy (non-hydrogen) atoms. The molecule has 0 aromatic heterocycles. The van der Waals surface area contributed by atoms with Crippen LogP contribution in [0.3, 0.4) is 0 Å². The Hall–Kier alpha value is -1.44. The van der Waals surface area contributed by atoms with Crippen molar-refractivity contribution in [3.05, 3.63) is 24.3 Å². The number of piperidine rings is 1. The van der Waals surface area contributed by atoms with Crippen LogP contribution >= 0.6 is 0 Å². The highest BCUT2D eigenvalue weighted by molar-refractivity contribution is 7.89. The number of hydrogen-bond donors (Lipinski definition) is 3. The molecule has 1 amide bonds. The van der Waals surface area contributed by atoms with Gasteiger partial charge in [0.25, 0.3) is 0 Å². The van der Waals surface area contributed by atoms with Crippen molar-refractivity contribution in [3.63, 3.8) is 0 Å². The molecule has 0 radical (unpaired) electrons. The van der Waals surface area contributed by atoms with Gasteiger partial charge < -0.3 is 10.6 Å². The van der Waals surface area contributed by atoms with Crippen molar-refractivity contribution >= 4 is 21.6 Å². The molecule has 1 saturated heterocycles. The molecule has 2 rings (SSSR count). The van der Waals surface area contributed by atoms with Gasteiger partial charge in [0, 0.05) is 18.2 Å². The van der Waals surface area contributed by atoms with Gasteiger partial charge in [0.05, 0.1) is 4.90 Å². The summed E-state index contributed by atoms with van der Waals surface area (Å²) in [6, 6.07) is 6.28. The molecule has 1 aliphatic heterocycles. The zero-order chi connectivity index (χ0) is 19.2. The average Bonchev–Trinajstić information content (AvgIpc) is 2.62. The van der Waals surface area contributed by atoms with Crippen molar-refractivity contribution in [3.8, 4) is 0 Å². The summed E-state index contributed by atoms with van der Waals surface area (Å²) in [4.78, 5) is 12.5. The number of carbonyl (C=O) groups excluding carboxylic acids is 1. The molecular weight excluding hydrogens is 350 g/mol. The summed E-state index contributed by atoms with van der Waals surface area (Å²) in [5.74, 6) is 0.732. The minimum Gasteiger partial charge on any atom is -0.326 e. The first-order valence-corrected chi connectivity index (χ1v) is 10.9. The highest BCUT2D eigenvalue weighted by Crippen LogP contribution is 2.23. The van der Waals surface area contributed by atoms with Gasteiger partial charge in [-0.25, -0.2) is 13.1 Å². The standard InChI is InChI=1S/C19H31N3O3S/c1-4-15(3)22-26(24,25)18-9-5-8-17(12-18)21-19(23)11-14(2)16-7-6-10-20-13-16/h5,8-9,12,14-16,20,22H,4,6-7,10-11,13H2,1-3H3,(H,21,23). The fourth-order valence-corrected chi connectivity index (χ4v) is 4.57. The van der Waals surface area contributed by atoms with Crippen LogP contribution < -0.4 is 15.4 Å². The molecule has 3 atom stereocenters. The zero-order valence-corrected chi connectivity index (χ0v) is 16.7. The van der Waals surface area contributed by atoms with E-state index in [0.717, 1.165) is 25.9 Å².